The Morgan fingerprint density at radius 2 is 1.73 bits per heavy atom. The molecule has 0 radical (unpaired) electrons. The summed E-state index contributed by atoms with van der Waals surface area (Å²) in [6.07, 6.45) is 1.91. The van der Waals surface area contributed by atoms with Crippen molar-refractivity contribution in [3.8, 4) is 11.5 Å². The molecule has 3 rings (SSSR count). The van der Waals surface area contributed by atoms with Crippen molar-refractivity contribution in [1.82, 2.24) is 10.9 Å². The highest BCUT2D eigenvalue weighted by molar-refractivity contribution is 6.34. The summed E-state index contributed by atoms with van der Waals surface area (Å²) in [7, 11) is 0. The van der Waals surface area contributed by atoms with E-state index in [4.69, 9.17) is 32.7 Å². The highest BCUT2D eigenvalue weighted by Gasteiger charge is 2.27. The number of hydrogen-bond acceptors (Lipinski definition) is 4. The van der Waals surface area contributed by atoms with Gasteiger partial charge in [-0.25, -0.2) is 0 Å². The van der Waals surface area contributed by atoms with Crippen molar-refractivity contribution in [1.29, 1.82) is 0 Å². The second-order valence-electron chi connectivity index (χ2n) is 5.38. The van der Waals surface area contributed by atoms with E-state index in [1.165, 1.54) is 12.2 Å². The predicted octanol–water partition coefficient (Wildman–Crippen LogP) is 2.99. The fraction of sp³-hybridized carbons (Fsp3) is 0.111. The lowest BCUT2D eigenvalue weighted by Gasteiger charge is -2.25. The van der Waals surface area contributed by atoms with Gasteiger partial charge >= 0.3 is 0 Å². The van der Waals surface area contributed by atoms with Gasteiger partial charge in [-0.1, -0.05) is 35.3 Å². The molecule has 0 saturated heterocycles. The maximum atomic E-state index is 12.1. The van der Waals surface area contributed by atoms with Gasteiger partial charge in [-0.05, 0) is 42.0 Å². The van der Waals surface area contributed by atoms with E-state index in [1.807, 2.05) is 6.07 Å². The number of hydrazine groups is 1. The van der Waals surface area contributed by atoms with Crippen LogP contribution in [0.4, 0.5) is 0 Å². The molecule has 2 aromatic carbocycles. The number of ether oxygens (including phenoxy) is 2. The Hall–Kier alpha value is -2.70. The standard InChI is InChI=1S/C18H14Cl2N2O4/c19-12-7-11(8-13(20)9-12)5-6-17(23)21-22-18(24)16-10-25-14-3-1-2-4-15(14)26-16/h1-9,16H,10H2,(H,21,23)(H,22,24)/b6-5+. The van der Waals surface area contributed by atoms with Crippen LogP contribution < -0.4 is 20.3 Å². The minimum atomic E-state index is -0.860. The number of benzene rings is 2. The molecule has 1 heterocycles. The minimum Gasteiger partial charge on any atom is -0.485 e. The molecule has 0 bridgehead atoms. The molecule has 0 fully saturated rings. The fourth-order valence-corrected chi connectivity index (χ4v) is 2.78. The number of carbonyl (C=O) groups excluding carboxylic acids is 2. The predicted molar refractivity (Wildman–Crippen MR) is 98.1 cm³/mol. The van der Waals surface area contributed by atoms with Gasteiger partial charge in [0.05, 0.1) is 0 Å². The van der Waals surface area contributed by atoms with Gasteiger partial charge in [0, 0.05) is 16.1 Å². The lowest BCUT2D eigenvalue weighted by molar-refractivity contribution is -0.134. The summed E-state index contributed by atoms with van der Waals surface area (Å²) in [6.45, 7) is 0.0512. The zero-order valence-electron chi connectivity index (χ0n) is 13.4. The Balaban J connectivity index is 1.51. The molecule has 0 aromatic heterocycles. The van der Waals surface area contributed by atoms with Crippen LogP contribution in [0.25, 0.3) is 6.08 Å². The van der Waals surface area contributed by atoms with Crippen molar-refractivity contribution in [2.24, 2.45) is 0 Å². The molecule has 1 unspecified atom stereocenters. The summed E-state index contributed by atoms with van der Waals surface area (Å²) in [5.41, 5.74) is 5.23. The SMILES string of the molecule is O=C(/C=C/c1cc(Cl)cc(Cl)c1)NNC(=O)C1COc2ccccc2O1. The van der Waals surface area contributed by atoms with Crippen molar-refractivity contribution >= 4 is 41.1 Å². The van der Waals surface area contributed by atoms with Gasteiger partial charge in [0.2, 0.25) is 6.10 Å². The lowest BCUT2D eigenvalue weighted by atomic mass is 10.2. The third-order valence-corrected chi connectivity index (χ3v) is 3.86. The van der Waals surface area contributed by atoms with Gasteiger partial charge < -0.3 is 9.47 Å². The van der Waals surface area contributed by atoms with E-state index >= 15 is 0 Å². The van der Waals surface area contributed by atoms with Crippen molar-refractivity contribution in [2.45, 2.75) is 6.10 Å². The number of rotatable bonds is 3. The molecule has 6 nitrogen and oxygen atoms in total. The van der Waals surface area contributed by atoms with Crippen LogP contribution >= 0.6 is 23.2 Å². The van der Waals surface area contributed by atoms with Gasteiger partial charge in [0.25, 0.3) is 11.8 Å². The molecular weight excluding hydrogens is 379 g/mol. The number of para-hydroxylation sites is 2. The Morgan fingerprint density at radius 1 is 1.04 bits per heavy atom. The van der Waals surface area contributed by atoms with Gasteiger partial charge in [0.1, 0.15) is 6.61 Å². The van der Waals surface area contributed by atoms with E-state index in [9.17, 15) is 9.59 Å². The summed E-state index contributed by atoms with van der Waals surface area (Å²) >= 11 is 11.8. The van der Waals surface area contributed by atoms with Crippen LogP contribution in [0.2, 0.25) is 10.0 Å². The maximum absolute atomic E-state index is 12.1. The van der Waals surface area contributed by atoms with Crippen LogP contribution in [0, 0.1) is 0 Å². The number of nitrogens with one attached hydrogen (secondary N) is 2. The van der Waals surface area contributed by atoms with Gasteiger partial charge in [0.15, 0.2) is 11.5 Å². The highest BCUT2D eigenvalue weighted by atomic mass is 35.5. The number of carbonyl (C=O) groups is 2. The molecule has 0 saturated carbocycles. The van der Waals surface area contributed by atoms with Gasteiger partial charge in [-0.2, -0.15) is 0 Å². The van der Waals surface area contributed by atoms with Crippen LogP contribution in [0.15, 0.2) is 48.5 Å². The molecule has 2 amide bonds. The van der Waals surface area contributed by atoms with Crippen LogP contribution in [-0.2, 0) is 9.59 Å². The van der Waals surface area contributed by atoms with Crippen molar-refractivity contribution in [3.05, 3.63) is 64.1 Å². The monoisotopic (exact) mass is 392 g/mol. The summed E-state index contributed by atoms with van der Waals surface area (Å²) in [6, 6.07) is 11.9. The number of halogens is 2. The summed E-state index contributed by atoms with van der Waals surface area (Å²) in [5, 5.41) is 0.918. The molecule has 2 N–H and O–H groups in total. The molecule has 134 valence electrons. The second-order valence-corrected chi connectivity index (χ2v) is 6.25. The van der Waals surface area contributed by atoms with Crippen molar-refractivity contribution < 1.29 is 19.1 Å². The number of amides is 2. The van der Waals surface area contributed by atoms with E-state index in [2.05, 4.69) is 10.9 Å². The first kappa shape index (κ1) is 18.1. The largest absolute Gasteiger partial charge is 0.485 e. The van der Waals surface area contributed by atoms with Gasteiger partial charge in [-0.3, -0.25) is 20.4 Å². The molecule has 1 aliphatic heterocycles. The van der Waals surface area contributed by atoms with Crippen LogP contribution in [0.3, 0.4) is 0 Å². The van der Waals surface area contributed by atoms with E-state index in [1.54, 1.807) is 36.4 Å². The van der Waals surface area contributed by atoms with Crippen molar-refractivity contribution in [2.75, 3.05) is 6.61 Å². The Kier molecular flexibility index (Phi) is 5.65. The normalized spacial score (nSPS) is 15.5. The molecule has 1 atom stereocenters. The lowest BCUT2D eigenvalue weighted by Crippen LogP contribution is -2.50. The van der Waals surface area contributed by atoms with Gasteiger partial charge in [-0.15, -0.1) is 0 Å². The topological polar surface area (TPSA) is 76.7 Å². The first-order valence-electron chi connectivity index (χ1n) is 7.64. The summed E-state index contributed by atoms with van der Waals surface area (Å²) in [5.74, 6) is 0.00490. The summed E-state index contributed by atoms with van der Waals surface area (Å²) in [4.78, 5) is 23.9. The van der Waals surface area contributed by atoms with Crippen LogP contribution in [0.5, 0.6) is 11.5 Å². The minimum absolute atomic E-state index is 0.0512. The molecule has 2 aromatic rings. The third-order valence-electron chi connectivity index (χ3n) is 3.42. The Morgan fingerprint density at radius 3 is 2.46 bits per heavy atom. The number of fused-ring (bicyclic) bond motifs is 1. The van der Waals surface area contributed by atoms with Crippen LogP contribution in [0.1, 0.15) is 5.56 Å². The maximum Gasteiger partial charge on any atom is 0.283 e. The second kappa shape index (κ2) is 8.12. The molecule has 0 aliphatic carbocycles. The molecular formula is C18H14Cl2N2O4. The van der Waals surface area contributed by atoms with E-state index in [-0.39, 0.29) is 6.61 Å². The van der Waals surface area contributed by atoms with E-state index in [0.29, 0.717) is 27.1 Å². The molecule has 0 spiro atoms. The first-order chi connectivity index (χ1) is 12.5. The Bertz CT molecular complexity index is 850. The van der Waals surface area contributed by atoms with E-state index in [0.717, 1.165) is 0 Å². The Labute approximate surface area is 159 Å². The van der Waals surface area contributed by atoms with Crippen molar-refractivity contribution in [3.63, 3.8) is 0 Å². The highest BCUT2D eigenvalue weighted by Crippen LogP contribution is 2.30. The van der Waals surface area contributed by atoms with Crippen LogP contribution in [-0.4, -0.2) is 24.5 Å². The fourth-order valence-electron chi connectivity index (χ4n) is 2.24. The summed E-state index contributed by atoms with van der Waals surface area (Å²) < 4.78 is 11.0. The third kappa shape index (κ3) is 4.68. The number of hydrogen-bond donors (Lipinski definition) is 2. The van der Waals surface area contributed by atoms with E-state index < -0.39 is 17.9 Å². The smallest absolute Gasteiger partial charge is 0.283 e. The first-order valence-corrected chi connectivity index (χ1v) is 8.39. The average Bonchev–Trinajstić information content (AvgIpc) is 2.63. The zero-order chi connectivity index (χ0) is 18.5. The molecule has 8 heteroatoms. The molecule has 1 aliphatic rings. The zero-order valence-corrected chi connectivity index (χ0v) is 14.9. The quantitative estimate of drug-likeness (QED) is 0.621. The molecule has 26 heavy (non-hydrogen) atoms. The average molecular weight is 393 g/mol.